The lowest BCUT2D eigenvalue weighted by Gasteiger charge is -2.32. The fraction of sp³-hybridized carbons (Fsp3) is 0.375. The third-order valence-electron chi connectivity index (χ3n) is 8.66. The van der Waals surface area contributed by atoms with Crippen LogP contribution in [0.25, 0.3) is 21.9 Å². The predicted octanol–water partition coefficient (Wildman–Crippen LogP) is 4.90. The Kier molecular flexibility index (Phi) is 7.28. The van der Waals surface area contributed by atoms with Crippen LogP contribution in [0.15, 0.2) is 54.7 Å². The van der Waals surface area contributed by atoms with Crippen molar-refractivity contribution in [3.05, 3.63) is 83.2 Å². The van der Waals surface area contributed by atoms with Crippen LogP contribution >= 0.6 is 0 Å². The summed E-state index contributed by atoms with van der Waals surface area (Å²) >= 11 is 0. The highest BCUT2D eigenvalue weighted by Crippen LogP contribution is 2.30. The van der Waals surface area contributed by atoms with Gasteiger partial charge in [-0.3, -0.25) is 9.58 Å². The number of carboxylic acid groups (broad SMARTS) is 1. The zero-order valence-corrected chi connectivity index (χ0v) is 23.9. The van der Waals surface area contributed by atoms with Crippen LogP contribution in [0.2, 0.25) is 0 Å². The summed E-state index contributed by atoms with van der Waals surface area (Å²) in [4.78, 5) is 23.7. The van der Waals surface area contributed by atoms with E-state index in [0.29, 0.717) is 30.5 Å². The minimum absolute atomic E-state index is 0.0860. The number of halogens is 1. The quantitative estimate of drug-likeness (QED) is 0.261. The maximum absolute atomic E-state index is 14.6. The molecule has 1 N–H and O–H groups in total. The molecule has 0 radical (unpaired) electrons. The average Bonchev–Trinajstić information content (AvgIpc) is 3.52. The van der Waals surface area contributed by atoms with E-state index in [4.69, 9.17) is 19.4 Å². The van der Waals surface area contributed by atoms with Crippen molar-refractivity contribution < 1.29 is 23.8 Å². The molecule has 2 aliphatic heterocycles. The SMILES string of the molecule is Cn1ncc2cc(F)c(COc3cccc(C4CCN(Cc5nc6ccc(C(=O)O)cc6n5C[C@@H]5CCO5)CC4)n3)cc21. The van der Waals surface area contributed by atoms with E-state index in [-0.39, 0.29) is 24.1 Å². The van der Waals surface area contributed by atoms with Gasteiger partial charge in [-0.05, 0) is 68.8 Å². The van der Waals surface area contributed by atoms with Crippen molar-refractivity contribution in [2.75, 3.05) is 19.7 Å². The molecule has 222 valence electrons. The lowest BCUT2D eigenvalue weighted by molar-refractivity contribution is -0.0592. The van der Waals surface area contributed by atoms with Gasteiger partial charge in [0.25, 0.3) is 0 Å². The normalized spacial score (nSPS) is 17.9. The summed E-state index contributed by atoms with van der Waals surface area (Å²) in [5.74, 6) is 0.441. The van der Waals surface area contributed by atoms with E-state index in [0.717, 1.165) is 72.4 Å². The Hall–Kier alpha value is -4.35. The minimum atomic E-state index is -0.945. The van der Waals surface area contributed by atoms with Gasteiger partial charge in [-0.15, -0.1) is 0 Å². The molecule has 7 rings (SSSR count). The van der Waals surface area contributed by atoms with Crippen LogP contribution in [0.3, 0.4) is 0 Å². The van der Waals surface area contributed by atoms with E-state index >= 15 is 0 Å². The van der Waals surface area contributed by atoms with E-state index in [9.17, 15) is 14.3 Å². The van der Waals surface area contributed by atoms with Crippen LogP contribution in [0.4, 0.5) is 4.39 Å². The van der Waals surface area contributed by atoms with Gasteiger partial charge in [0.2, 0.25) is 5.88 Å². The Morgan fingerprint density at radius 3 is 2.70 bits per heavy atom. The van der Waals surface area contributed by atoms with Crippen molar-refractivity contribution in [2.45, 2.75) is 51.0 Å². The zero-order valence-electron chi connectivity index (χ0n) is 23.9. The van der Waals surface area contributed by atoms with E-state index in [1.807, 2.05) is 25.2 Å². The first-order valence-electron chi connectivity index (χ1n) is 14.7. The second-order valence-corrected chi connectivity index (χ2v) is 11.4. The topological polar surface area (TPSA) is 108 Å². The molecule has 43 heavy (non-hydrogen) atoms. The Morgan fingerprint density at radius 1 is 1.09 bits per heavy atom. The summed E-state index contributed by atoms with van der Waals surface area (Å²) in [6.07, 6.45) is 4.66. The number of imidazole rings is 1. The molecule has 0 bridgehead atoms. The molecule has 10 nitrogen and oxygen atoms in total. The Labute approximate surface area is 247 Å². The molecule has 0 spiro atoms. The molecule has 2 saturated heterocycles. The average molecular weight is 585 g/mol. The number of fused-ring (bicyclic) bond motifs is 2. The van der Waals surface area contributed by atoms with Gasteiger partial charge in [0, 0.05) is 42.3 Å². The molecule has 0 aliphatic carbocycles. The van der Waals surface area contributed by atoms with Crippen molar-refractivity contribution in [3.63, 3.8) is 0 Å². The standard InChI is InChI=1S/C32H33FN6O4/c1-37-28-15-23(25(33)13-22(28)16-34-37)19-43-31-4-2-3-26(36-31)20-7-10-38(11-8-20)18-30-35-27-6-5-21(32(40)41)14-29(27)39(30)17-24-9-12-42-24/h2-6,13-16,20,24H,7-12,17-19H2,1H3,(H,40,41)/t24-/m0/s1. The van der Waals surface area contributed by atoms with Gasteiger partial charge in [0.15, 0.2) is 0 Å². The lowest BCUT2D eigenvalue weighted by atomic mass is 9.93. The van der Waals surface area contributed by atoms with Crippen LogP contribution in [0.1, 0.15) is 52.6 Å². The summed E-state index contributed by atoms with van der Waals surface area (Å²) in [7, 11) is 1.83. The fourth-order valence-corrected chi connectivity index (χ4v) is 6.07. The van der Waals surface area contributed by atoms with Crippen LogP contribution in [-0.4, -0.2) is 66.1 Å². The van der Waals surface area contributed by atoms with Crippen molar-refractivity contribution >= 4 is 27.9 Å². The maximum Gasteiger partial charge on any atom is 0.335 e. The fourth-order valence-electron chi connectivity index (χ4n) is 6.07. The lowest BCUT2D eigenvalue weighted by Crippen LogP contribution is -2.35. The first-order valence-corrected chi connectivity index (χ1v) is 14.7. The Balaban J connectivity index is 1.01. The number of piperidine rings is 1. The molecule has 2 aromatic carbocycles. The summed E-state index contributed by atoms with van der Waals surface area (Å²) < 4.78 is 30.1. The molecule has 2 fully saturated rings. The molecule has 1 atom stereocenters. The van der Waals surface area contributed by atoms with Crippen molar-refractivity contribution in [1.82, 2.24) is 29.2 Å². The second kappa shape index (κ2) is 11.4. The first kappa shape index (κ1) is 27.5. The number of carbonyl (C=O) groups is 1. The number of aryl methyl sites for hydroxylation is 1. The molecule has 0 unspecified atom stereocenters. The number of ether oxygens (including phenoxy) is 2. The number of nitrogens with zero attached hydrogens (tertiary/aromatic N) is 6. The first-order chi connectivity index (χ1) is 20.9. The smallest absolute Gasteiger partial charge is 0.335 e. The molecule has 0 saturated carbocycles. The van der Waals surface area contributed by atoms with E-state index < -0.39 is 5.97 Å². The van der Waals surface area contributed by atoms with E-state index in [1.54, 1.807) is 35.1 Å². The highest BCUT2D eigenvalue weighted by atomic mass is 19.1. The third-order valence-corrected chi connectivity index (χ3v) is 8.66. The molecule has 3 aromatic heterocycles. The van der Waals surface area contributed by atoms with Crippen LogP contribution < -0.4 is 4.74 Å². The summed E-state index contributed by atoms with van der Waals surface area (Å²) in [6, 6.07) is 14.2. The van der Waals surface area contributed by atoms with Crippen LogP contribution in [-0.2, 0) is 31.5 Å². The molecule has 2 aliphatic rings. The highest BCUT2D eigenvalue weighted by Gasteiger charge is 2.26. The number of hydrogen-bond acceptors (Lipinski definition) is 7. The predicted molar refractivity (Wildman–Crippen MR) is 158 cm³/mol. The van der Waals surface area contributed by atoms with Gasteiger partial charge in [-0.1, -0.05) is 6.07 Å². The molecule has 11 heteroatoms. The molecule has 5 heterocycles. The van der Waals surface area contributed by atoms with Crippen molar-refractivity contribution in [1.29, 1.82) is 0 Å². The molecule has 0 amide bonds. The van der Waals surface area contributed by atoms with Gasteiger partial charge in [0.05, 0.1) is 47.5 Å². The number of hydrogen-bond donors (Lipinski definition) is 1. The highest BCUT2D eigenvalue weighted by molar-refractivity contribution is 5.92. The van der Waals surface area contributed by atoms with E-state index in [2.05, 4.69) is 14.6 Å². The van der Waals surface area contributed by atoms with Gasteiger partial charge in [0.1, 0.15) is 18.2 Å². The van der Waals surface area contributed by atoms with E-state index in [1.165, 1.54) is 6.07 Å². The third kappa shape index (κ3) is 5.57. The number of rotatable bonds is 9. The van der Waals surface area contributed by atoms with Gasteiger partial charge in [-0.2, -0.15) is 5.10 Å². The number of carboxylic acids is 1. The molecular formula is C32H33FN6O4. The van der Waals surface area contributed by atoms with Gasteiger partial charge in [-0.25, -0.2) is 19.2 Å². The van der Waals surface area contributed by atoms with Crippen LogP contribution in [0.5, 0.6) is 5.88 Å². The number of likely N-dealkylation sites (tertiary alicyclic amines) is 1. The van der Waals surface area contributed by atoms with Crippen molar-refractivity contribution in [3.8, 4) is 5.88 Å². The number of aromatic nitrogens is 5. The largest absolute Gasteiger partial charge is 0.478 e. The van der Waals surface area contributed by atoms with Crippen LogP contribution in [0, 0.1) is 5.82 Å². The summed E-state index contributed by atoms with van der Waals surface area (Å²) in [5.41, 5.74) is 4.19. The summed E-state index contributed by atoms with van der Waals surface area (Å²) in [6.45, 7) is 3.97. The Morgan fingerprint density at radius 2 is 1.93 bits per heavy atom. The van der Waals surface area contributed by atoms with Gasteiger partial charge >= 0.3 is 5.97 Å². The number of pyridine rings is 1. The number of aromatic carboxylic acids is 1. The molecule has 5 aromatic rings. The second-order valence-electron chi connectivity index (χ2n) is 11.4. The number of benzene rings is 2. The summed E-state index contributed by atoms with van der Waals surface area (Å²) in [5, 5.41) is 14.5. The zero-order chi connectivity index (χ0) is 29.5. The Bertz CT molecular complexity index is 1800. The molecular weight excluding hydrogens is 551 g/mol. The maximum atomic E-state index is 14.6. The minimum Gasteiger partial charge on any atom is -0.478 e. The van der Waals surface area contributed by atoms with Gasteiger partial charge < -0.3 is 19.1 Å². The monoisotopic (exact) mass is 584 g/mol. The van der Waals surface area contributed by atoms with Crippen molar-refractivity contribution in [2.24, 2.45) is 7.05 Å².